The molecule has 0 radical (unpaired) electrons. The van der Waals surface area contributed by atoms with Crippen LogP contribution in [0.3, 0.4) is 0 Å². The Morgan fingerprint density at radius 1 is 1.25 bits per heavy atom. The summed E-state index contributed by atoms with van der Waals surface area (Å²) in [5.41, 5.74) is -0.266. The zero-order valence-electron chi connectivity index (χ0n) is 12.3. The van der Waals surface area contributed by atoms with Crippen LogP contribution in [0, 0.1) is 12.7 Å². The molecule has 3 N–H and O–H groups in total. The van der Waals surface area contributed by atoms with Gasteiger partial charge in [0.15, 0.2) is 0 Å². The van der Waals surface area contributed by atoms with Crippen molar-refractivity contribution in [3.8, 4) is 10.6 Å². The molecule has 0 saturated heterocycles. The lowest BCUT2D eigenvalue weighted by molar-refractivity contribution is 0.102. The fraction of sp³-hybridized carbons (Fsp3) is 0.0667. The Hall–Kier alpha value is -3.07. The van der Waals surface area contributed by atoms with Crippen molar-refractivity contribution >= 4 is 22.9 Å². The summed E-state index contributed by atoms with van der Waals surface area (Å²) in [6.45, 7) is 1.66. The predicted molar refractivity (Wildman–Crippen MR) is 87.9 cm³/mol. The highest BCUT2D eigenvalue weighted by molar-refractivity contribution is 7.17. The van der Waals surface area contributed by atoms with Crippen LogP contribution in [-0.4, -0.2) is 20.9 Å². The molecule has 0 aliphatic heterocycles. The quantitative estimate of drug-likeness (QED) is 0.673. The van der Waals surface area contributed by atoms with Gasteiger partial charge < -0.3 is 10.3 Å². The molecule has 3 rings (SSSR count). The lowest BCUT2D eigenvalue weighted by atomic mass is 10.2. The number of nitrogens with zero attached hydrogens (tertiary/aromatic N) is 1. The van der Waals surface area contributed by atoms with Crippen molar-refractivity contribution in [3.63, 3.8) is 0 Å². The van der Waals surface area contributed by atoms with Crippen LogP contribution in [0.15, 0.2) is 40.1 Å². The van der Waals surface area contributed by atoms with Gasteiger partial charge in [-0.05, 0) is 31.2 Å². The maximum atomic E-state index is 13.0. The first-order valence-electron chi connectivity index (χ1n) is 6.81. The molecular weight excluding hydrogens is 335 g/mol. The standard InChI is InChI=1S/C15H11FN4O3S/c1-7-11(13(22)19-10-6-17-15(23)20-12(10)21)24-14(18-7)8-2-4-9(16)5-3-8/h2-6H,1H3,(H,19,22)(H2,17,20,21,23). The summed E-state index contributed by atoms with van der Waals surface area (Å²) in [4.78, 5) is 43.8. The summed E-state index contributed by atoms with van der Waals surface area (Å²) >= 11 is 1.13. The van der Waals surface area contributed by atoms with Crippen LogP contribution in [0.25, 0.3) is 10.6 Å². The third-order valence-corrected chi connectivity index (χ3v) is 4.37. The number of aryl methyl sites for hydroxylation is 1. The fourth-order valence-electron chi connectivity index (χ4n) is 2.00. The van der Waals surface area contributed by atoms with E-state index < -0.39 is 17.2 Å². The van der Waals surface area contributed by atoms with Crippen molar-refractivity contribution < 1.29 is 9.18 Å². The third-order valence-electron chi connectivity index (χ3n) is 3.16. The van der Waals surface area contributed by atoms with Gasteiger partial charge in [0.2, 0.25) is 0 Å². The van der Waals surface area contributed by atoms with Crippen LogP contribution in [0.4, 0.5) is 10.1 Å². The highest BCUT2D eigenvalue weighted by atomic mass is 32.1. The summed E-state index contributed by atoms with van der Waals surface area (Å²) in [5, 5.41) is 2.99. The van der Waals surface area contributed by atoms with E-state index >= 15 is 0 Å². The third kappa shape index (κ3) is 3.15. The van der Waals surface area contributed by atoms with Gasteiger partial charge in [-0.2, -0.15) is 0 Å². The number of anilines is 1. The number of nitrogens with one attached hydrogen (secondary N) is 3. The Kier molecular flexibility index (Phi) is 4.09. The van der Waals surface area contributed by atoms with Gasteiger partial charge in [0.25, 0.3) is 11.5 Å². The van der Waals surface area contributed by atoms with E-state index in [2.05, 4.69) is 15.3 Å². The summed E-state index contributed by atoms with van der Waals surface area (Å²) in [5.74, 6) is -0.877. The summed E-state index contributed by atoms with van der Waals surface area (Å²) in [6, 6.07) is 5.77. The molecule has 0 spiro atoms. The van der Waals surface area contributed by atoms with Gasteiger partial charge in [0, 0.05) is 11.8 Å². The van der Waals surface area contributed by atoms with E-state index in [1.807, 2.05) is 4.98 Å². The predicted octanol–water partition coefficient (Wildman–Crippen LogP) is 1.89. The number of halogens is 1. The van der Waals surface area contributed by atoms with E-state index in [1.54, 1.807) is 19.1 Å². The Bertz CT molecular complexity index is 1020. The molecule has 0 atom stereocenters. The largest absolute Gasteiger partial charge is 0.325 e. The number of benzene rings is 1. The molecule has 24 heavy (non-hydrogen) atoms. The molecule has 0 bridgehead atoms. The van der Waals surface area contributed by atoms with Gasteiger partial charge >= 0.3 is 5.69 Å². The van der Waals surface area contributed by atoms with Gasteiger partial charge in [0.05, 0.1) is 5.69 Å². The molecule has 2 aromatic heterocycles. The van der Waals surface area contributed by atoms with Crippen molar-refractivity contribution in [2.75, 3.05) is 5.32 Å². The first-order valence-corrected chi connectivity index (χ1v) is 7.62. The number of amides is 1. The van der Waals surface area contributed by atoms with Gasteiger partial charge in [-0.1, -0.05) is 0 Å². The molecule has 0 unspecified atom stereocenters. The minimum absolute atomic E-state index is 0.0734. The Morgan fingerprint density at radius 2 is 1.96 bits per heavy atom. The van der Waals surface area contributed by atoms with Crippen LogP contribution in [0.5, 0.6) is 0 Å². The first kappa shape index (κ1) is 15.8. The number of H-pyrrole nitrogens is 2. The average Bonchev–Trinajstić information content (AvgIpc) is 2.93. The van der Waals surface area contributed by atoms with Crippen LogP contribution in [-0.2, 0) is 0 Å². The second-order valence-corrected chi connectivity index (χ2v) is 5.88. The minimum Gasteiger partial charge on any atom is -0.315 e. The summed E-state index contributed by atoms with van der Waals surface area (Å²) < 4.78 is 13.0. The Balaban J connectivity index is 1.89. The van der Waals surface area contributed by atoms with E-state index in [9.17, 15) is 18.8 Å². The highest BCUT2D eigenvalue weighted by Crippen LogP contribution is 2.28. The molecule has 3 aromatic rings. The van der Waals surface area contributed by atoms with E-state index in [0.717, 1.165) is 17.5 Å². The normalized spacial score (nSPS) is 10.6. The first-order chi connectivity index (χ1) is 11.4. The van der Waals surface area contributed by atoms with Crippen LogP contribution < -0.4 is 16.6 Å². The van der Waals surface area contributed by atoms with Gasteiger partial charge in [-0.3, -0.25) is 14.6 Å². The molecule has 1 aromatic carbocycles. The SMILES string of the molecule is Cc1nc(-c2ccc(F)cc2)sc1C(=O)Nc1c[nH]c(=O)[nH]c1=O. The molecule has 0 aliphatic carbocycles. The molecule has 9 heteroatoms. The molecule has 1 amide bonds. The van der Waals surface area contributed by atoms with E-state index in [-0.39, 0.29) is 11.5 Å². The van der Waals surface area contributed by atoms with Gasteiger partial charge in [-0.15, -0.1) is 11.3 Å². The van der Waals surface area contributed by atoms with Crippen molar-refractivity contribution in [1.82, 2.24) is 15.0 Å². The Labute approximate surface area is 138 Å². The van der Waals surface area contributed by atoms with Crippen LogP contribution in [0.2, 0.25) is 0 Å². The average molecular weight is 346 g/mol. The van der Waals surface area contributed by atoms with Crippen molar-refractivity contribution in [3.05, 3.63) is 67.7 Å². The topological polar surface area (TPSA) is 108 Å². The van der Waals surface area contributed by atoms with Crippen molar-refractivity contribution in [1.29, 1.82) is 0 Å². The lowest BCUT2D eigenvalue weighted by Crippen LogP contribution is -2.26. The van der Waals surface area contributed by atoms with Gasteiger partial charge in [-0.25, -0.2) is 14.2 Å². The number of rotatable bonds is 3. The van der Waals surface area contributed by atoms with E-state index in [4.69, 9.17) is 0 Å². The van der Waals surface area contributed by atoms with Crippen LogP contribution >= 0.6 is 11.3 Å². The number of thiazole rings is 1. The number of carbonyl (C=O) groups is 1. The second kappa shape index (κ2) is 6.20. The maximum Gasteiger partial charge on any atom is 0.325 e. The van der Waals surface area contributed by atoms with E-state index in [0.29, 0.717) is 21.1 Å². The number of aromatic nitrogens is 3. The second-order valence-electron chi connectivity index (χ2n) is 4.88. The molecule has 122 valence electrons. The maximum absolute atomic E-state index is 13.0. The molecule has 2 heterocycles. The molecule has 7 nitrogen and oxygen atoms in total. The lowest BCUT2D eigenvalue weighted by Gasteiger charge is -2.01. The highest BCUT2D eigenvalue weighted by Gasteiger charge is 2.17. The monoisotopic (exact) mass is 346 g/mol. The smallest absolute Gasteiger partial charge is 0.315 e. The van der Waals surface area contributed by atoms with E-state index in [1.165, 1.54) is 12.1 Å². The zero-order chi connectivity index (χ0) is 17.3. The summed E-state index contributed by atoms with van der Waals surface area (Å²) in [6.07, 6.45) is 1.12. The molecular formula is C15H11FN4O3S. The summed E-state index contributed by atoms with van der Waals surface area (Å²) in [7, 11) is 0. The number of hydrogen-bond donors (Lipinski definition) is 3. The van der Waals surface area contributed by atoms with Crippen LogP contribution in [0.1, 0.15) is 15.4 Å². The van der Waals surface area contributed by atoms with Gasteiger partial charge in [0.1, 0.15) is 21.4 Å². The minimum atomic E-state index is -0.701. The van der Waals surface area contributed by atoms with Crippen molar-refractivity contribution in [2.45, 2.75) is 6.92 Å². The Morgan fingerprint density at radius 3 is 2.62 bits per heavy atom. The number of hydrogen-bond acceptors (Lipinski definition) is 5. The number of carbonyl (C=O) groups excluding carboxylic acids is 1. The molecule has 0 saturated carbocycles. The zero-order valence-corrected chi connectivity index (χ0v) is 13.2. The molecule has 0 fully saturated rings. The van der Waals surface area contributed by atoms with Crippen molar-refractivity contribution in [2.24, 2.45) is 0 Å². The molecule has 0 aliphatic rings. The number of aromatic amines is 2. The fourth-order valence-corrected chi connectivity index (χ4v) is 2.97.